The Hall–Kier alpha value is -1.43. The molecule has 144 valence electrons. The molecule has 2 atom stereocenters. The fourth-order valence-corrected chi connectivity index (χ4v) is 6.04. The summed E-state index contributed by atoms with van der Waals surface area (Å²) in [4.78, 5) is 15.9. The lowest BCUT2D eigenvalue weighted by Gasteiger charge is -2.38. The first-order valence-electron chi connectivity index (χ1n) is 10.5. The Balaban J connectivity index is 1.43. The van der Waals surface area contributed by atoms with E-state index >= 15 is 0 Å². The minimum absolute atomic E-state index is 0.261. The van der Waals surface area contributed by atoms with Gasteiger partial charge >= 0.3 is 0 Å². The second-order valence-electron chi connectivity index (χ2n) is 8.63. The molecule has 1 saturated heterocycles. The molecule has 5 heteroatoms. The molecule has 0 unspecified atom stereocenters. The van der Waals surface area contributed by atoms with Crippen molar-refractivity contribution < 1.29 is 0 Å². The monoisotopic (exact) mass is 383 g/mol. The maximum absolute atomic E-state index is 13.3. The van der Waals surface area contributed by atoms with Gasteiger partial charge in [-0.05, 0) is 60.2 Å². The first kappa shape index (κ1) is 17.7. The van der Waals surface area contributed by atoms with Gasteiger partial charge in [0.15, 0.2) is 0 Å². The number of hydrogen-bond acceptors (Lipinski definition) is 4. The van der Waals surface area contributed by atoms with Crippen LogP contribution in [0.1, 0.15) is 54.8 Å². The van der Waals surface area contributed by atoms with Crippen molar-refractivity contribution in [3.63, 3.8) is 0 Å². The fraction of sp³-hybridized carbons (Fsp3) is 0.591. The number of thiophene rings is 1. The average Bonchev–Trinajstić information content (AvgIpc) is 3.38. The van der Waals surface area contributed by atoms with Crippen LogP contribution in [-0.4, -0.2) is 28.6 Å². The Morgan fingerprint density at radius 3 is 2.85 bits per heavy atom. The highest BCUT2D eigenvalue weighted by atomic mass is 32.1. The van der Waals surface area contributed by atoms with E-state index in [0.717, 1.165) is 38.3 Å². The molecule has 2 bridgehead atoms. The van der Waals surface area contributed by atoms with Gasteiger partial charge in [0, 0.05) is 49.4 Å². The summed E-state index contributed by atoms with van der Waals surface area (Å²) in [6, 6.07) is 7.20. The van der Waals surface area contributed by atoms with Crippen molar-refractivity contribution in [2.45, 2.75) is 63.7 Å². The third-order valence-electron chi connectivity index (χ3n) is 6.77. The Labute approximate surface area is 165 Å². The highest BCUT2D eigenvalue weighted by Crippen LogP contribution is 2.32. The van der Waals surface area contributed by atoms with Crippen molar-refractivity contribution in [1.29, 1.82) is 0 Å². The predicted octanol–water partition coefficient (Wildman–Crippen LogP) is 3.56. The van der Waals surface area contributed by atoms with E-state index in [1.807, 2.05) is 0 Å². The molecule has 4 heterocycles. The summed E-state index contributed by atoms with van der Waals surface area (Å²) in [6.07, 6.45) is 6.42. The zero-order valence-electron chi connectivity index (χ0n) is 15.9. The van der Waals surface area contributed by atoms with E-state index in [1.165, 1.54) is 43.4 Å². The molecule has 1 aliphatic carbocycles. The summed E-state index contributed by atoms with van der Waals surface area (Å²) in [7, 11) is 0. The maximum atomic E-state index is 13.3. The van der Waals surface area contributed by atoms with Crippen molar-refractivity contribution in [2.24, 2.45) is 5.92 Å². The first-order valence-corrected chi connectivity index (χ1v) is 11.4. The summed E-state index contributed by atoms with van der Waals surface area (Å²) in [5, 5.41) is 7.93. The summed E-state index contributed by atoms with van der Waals surface area (Å²) < 4.78 is 2.10. The van der Waals surface area contributed by atoms with Gasteiger partial charge in [0.2, 0.25) is 0 Å². The molecule has 2 aliphatic heterocycles. The number of piperidine rings is 1. The zero-order valence-corrected chi connectivity index (χ0v) is 16.7. The molecular formula is C22H29N3OS. The number of pyridine rings is 1. The van der Waals surface area contributed by atoms with E-state index < -0.39 is 0 Å². The molecule has 1 saturated carbocycles. The fourth-order valence-electron chi connectivity index (χ4n) is 5.38. The summed E-state index contributed by atoms with van der Waals surface area (Å²) in [6.45, 7) is 4.71. The normalized spacial score (nSPS) is 25.1. The van der Waals surface area contributed by atoms with Crippen LogP contribution in [0.15, 0.2) is 33.8 Å². The van der Waals surface area contributed by atoms with Crippen LogP contribution in [0.3, 0.4) is 0 Å². The van der Waals surface area contributed by atoms with Gasteiger partial charge in [-0.1, -0.05) is 18.9 Å². The number of nitrogens with one attached hydrogen (secondary N) is 1. The van der Waals surface area contributed by atoms with E-state index in [0.29, 0.717) is 17.9 Å². The molecule has 0 spiro atoms. The molecule has 1 N–H and O–H groups in total. The quantitative estimate of drug-likeness (QED) is 0.858. The molecule has 5 rings (SSSR count). The minimum atomic E-state index is 0.261. The molecule has 27 heavy (non-hydrogen) atoms. The van der Waals surface area contributed by atoms with E-state index in [9.17, 15) is 4.79 Å². The van der Waals surface area contributed by atoms with Gasteiger partial charge < -0.3 is 9.88 Å². The maximum Gasteiger partial charge on any atom is 0.255 e. The molecule has 3 aliphatic rings. The smallest absolute Gasteiger partial charge is 0.255 e. The van der Waals surface area contributed by atoms with Gasteiger partial charge in [0.25, 0.3) is 5.56 Å². The first-order chi connectivity index (χ1) is 13.3. The Morgan fingerprint density at radius 1 is 1.15 bits per heavy atom. The van der Waals surface area contributed by atoms with E-state index in [4.69, 9.17) is 0 Å². The third-order valence-corrected chi connectivity index (χ3v) is 7.50. The summed E-state index contributed by atoms with van der Waals surface area (Å²) in [5.41, 5.74) is 3.87. The second kappa shape index (κ2) is 7.53. The highest BCUT2D eigenvalue weighted by Gasteiger charge is 2.32. The lowest BCUT2D eigenvalue weighted by molar-refractivity contribution is 0.179. The van der Waals surface area contributed by atoms with Crippen LogP contribution in [0.25, 0.3) is 0 Å². The molecule has 4 nitrogen and oxygen atoms in total. The van der Waals surface area contributed by atoms with Crippen molar-refractivity contribution in [1.82, 2.24) is 14.8 Å². The molecule has 2 fully saturated rings. The minimum Gasteiger partial charge on any atom is -0.316 e. The lowest BCUT2D eigenvalue weighted by atomic mass is 9.84. The van der Waals surface area contributed by atoms with Crippen molar-refractivity contribution in [2.75, 3.05) is 13.1 Å². The van der Waals surface area contributed by atoms with E-state index in [1.54, 1.807) is 11.3 Å². The van der Waals surface area contributed by atoms with E-state index in [-0.39, 0.29) is 5.56 Å². The van der Waals surface area contributed by atoms with Gasteiger partial charge in [-0.2, -0.15) is 11.3 Å². The van der Waals surface area contributed by atoms with Crippen LogP contribution in [-0.2, 0) is 19.6 Å². The van der Waals surface area contributed by atoms with Crippen LogP contribution in [0, 0.1) is 5.92 Å². The van der Waals surface area contributed by atoms with E-state index in [2.05, 4.69) is 43.7 Å². The van der Waals surface area contributed by atoms with Crippen LogP contribution in [0.5, 0.6) is 0 Å². The van der Waals surface area contributed by atoms with Gasteiger partial charge in [-0.25, -0.2) is 0 Å². The average molecular weight is 384 g/mol. The number of fused-ring (bicyclic) bond motifs is 4. The summed E-state index contributed by atoms with van der Waals surface area (Å²) >= 11 is 1.76. The predicted molar refractivity (Wildman–Crippen MR) is 110 cm³/mol. The Morgan fingerprint density at radius 2 is 2.04 bits per heavy atom. The topological polar surface area (TPSA) is 37.3 Å². The van der Waals surface area contributed by atoms with Crippen molar-refractivity contribution in [3.8, 4) is 0 Å². The molecule has 0 radical (unpaired) electrons. The number of aromatic nitrogens is 1. The third kappa shape index (κ3) is 3.53. The van der Waals surface area contributed by atoms with Crippen LogP contribution in [0.2, 0.25) is 0 Å². The standard InChI is InChI=1S/C22H29N3OS/c26-22-18(5-6-21-19-9-17(10-23-11-19)13-25(21)22)14-24(20-3-1-2-4-20)12-16-7-8-27-15-16/h5-8,15,17,19-20,23H,1-4,9-14H2/t17-,19+/m0/s1. The number of rotatable bonds is 5. The highest BCUT2D eigenvalue weighted by molar-refractivity contribution is 7.07. The zero-order chi connectivity index (χ0) is 18.2. The van der Waals surface area contributed by atoms with Crippen molar-refractivity contribution in [3.05, 3.63) is 56.1 Å². The van der Waals surface area contributed by atoms with Crippen LogP contribution >= 0.6 is 11.3 Å². The van der Waals surface area contributed by atoms with Gasteiger partial charge in [-0.3, -0.25) is 9.69 Å². The SMILES string of the molecule is O=c1c(CN(Cc2ccsc2)C2CCCC2)ccc2n1C[C@@H]1CNC[C@H]2C1. The second-order valence-corrected chi connectivity index (χ2v) is 9.41. The van der Waals surface area contributed by atoms with Crippen molar-refractivity contribution >= 4 is 11.3 Å². The van der Waals surface area contributed by atoms with Gasteiger partial charge in [0.1, 0.15) is 0 Å². The molecule has 2 aromatic rings. The molecule has 0 aromatic carbocycles. The molecule has 2 aromatic heterocycles. The van der Waals surface area contributed by atoms with Crippen LogP contribution in [0.4, 0.5) is 0 Å². The van der Waals surface area contributed by atoms with Crippen LogP contribution < -0.4 is 10.9 Å². The molecule has 0 amide bonds. The Bertz CT molecular complexity index is 838. The number of nitrogens with zero attached hydrogens (tertiary/aromatic N) is 2. The Kier molecular flexibility index (Phi) is 4.92. The summed E-state index contributed by atoms with van der Waals surface area (Å²) in [5.74, 6) is 1.12. The largest absolute Gasteiger partial charge is 0.316 e. The van der Waals surface area contributed by atoms with Gasteiger partial charge in [-0.15, -0.1) is 0 Å². The lowest BCUT2D eigenvalue weighted by Crippen LogP contribution is -2.46. The molecular weight excluding hydrogens is 354 g/mol. The van der Waals surface area contributed by atoms with Gasteiger partial charge in [0.05, 0.1) is 0 Å². The number of hydrogen-bond donors (Lipinski definition) is 1.